The summed E-state index contributed by atoms with van der Waals surface area (Å²) in [7, 11) is 0. The molecule has 0 radical (unpaired) electrons. The van der Waals surface area contributed by atoms with Gasteiger partial charge in [0.25, 0.3) is 0 Å². The fourth-order valence-corrected chi connectivity index (χ4v) is 5.55. The summed E-state index contributed by atoms with van der Waals surface area (Å²) in [6.45, 7) is 2.06. The Morgan fingerprint density at radius 1 is 0.765 bits per heavy atom. The van der Waals surface area contributed by atoms with Gasteiger partial charge < -0.3 is 0 Å². The van der Waals surface area contributed by atoms with E-state index in [2.05, 4.69) is 4.90 Å². The molecule has 0 unspecified atom stereocenters. The largest absolute Gasteiger partial charge is 0.297 e. The van der Waals surface area contributed by atoms with Crippen molar-refractivity contribution in [1.82, 2.24) is 4.90 Å². The predicted molar refractivity (Wildman–Crippen MR) is 73.8 cm³/mol. The zero-order chi connectivity index (χ0) is 11.8. The van der Waals surface area contributed by atoms with Crippen LogP contribution in [-0.2, 0) is 0 Å². The average Bonchev–Trinajstić information content (AvgIpc) is 2.28. The molecule has 0 amide bonds. The van der Waals surface area contributed by atoms with Crippen LogP contribution in [0.5, 0.6) is 0 Å². The van der Waals surface area contributed by atoms with Gasteiger partial charge in [0.05, 0.1) is 0 Å². The monoisotopic (exact) mass is 275 g/mol. The molecule has 3 heteroatoms. The fraction of sp³-hybridized carbons (Fsp3) is 1.00. The summed E-state index contributed by atoms with van der Waals surface area (Å²) >= 11 is 11.9. The van der Waals surface area contributed by atoms with E-state index in [0.29, 0.717) is 0 Å². The smallest absolute Gasteiger partial charge is 0.0351 e. The summed E-state index contributed by atoms with van der Waals surface area (Å²) in [6, 6.07) is 0.806. The number of hydrogen-bond donors (Lipinski definition) is 0. The standard InChI is InChI=1S/C14H23Cl2N/c15-1-3-17(4-2-16)14-12-6-10-5-11(8-12)9-13(14)7-10/h10-14H,1-9H2. The van der Waals surface area contributed by atoms with Crippen LogP contribution in [0, 0.1) is 23.7 Å². The lowest BCUT2D eigenvalue weighted by Crippen LogP contribution is -2.56. The average molecular weight is 276 g/mol. The maximum atomic E-state index is 5.96. The molecule has 17 heavy (non-hydrogen) atoms. The van der Waals surface area contributed by atoms with Gasteiger partial charge in [-0.3, -0.25) is 4.90 Å². The Balaban J connectivity index is 1.73. The maximum absolute atomic E-state index is 5.96. The van der Waals surface area contributed by atoms with Crippen molar-refractivity contribution < 1.29 is 0 Å². The summed E-state index contributed by atoms with van der Waals surface area (Å²) in [5.41, 5.74) is 0. The summed E-state index contributed by atoms with van der Waals surface area (Å²) in [5, 5.41) is 0. The van der Waals surface area contributed by atoms with E-state index in [-0.39, 0.29) is 0 Å². The Hall–Kier alpha value is 0.540. The van der Waals surface area contributed by atoms with Gasteiger partial charge in [-0.1, -0.05) is 0 Å². The predicted octanol–water partition coefficient (Wildman–Crippen LogP) is 3.59. The first-order valence-corrected chi connectivity index (χ1v) is 8.24. The molecule has 4 rings (SSSR count). The van der Waals surface area contributed by atoms with E-state index in [1.807, 2.05) is 0 Å². The molecule has 0 atom stereocenters. The van der Waals surface area contributed by atoms with Gasteiger partial charge in [0.1, 0.15) is 0 Å². The highest BCUT2D eigenvalue weighted by molar-refractivity contribution is 6.18. The third kappa shape index (κ3) is 2.35. The van der Waals surface area contributed by atoms with Crippen LogP contribution in [-0.4, -0.2) is 35.8 Å². The highest BCUT2D eigenvalue weighted by Crippen LogP contribution is 2.55. The Labute approximate surface area is 115 Å². The number of nitrogens with zero attached hydrogens (tertiary/aromatic N) is 1. The molecular formula is C14H23Cl2N. The Morgan fingerprint density at radius 2 is 1.24 bits per heavy atom. The summed E-state index contributed by atoms with van der Waals surface area (Å²) in [5.74, 6) is 5.53. The second kappa shape index (κ2) is 5.27. The van der Waals surface area contributed by atoms with Gasteiger partial charge in [0.2, 0.25) is 0 Å². The van der Waals surface area contributed by atoms with Crippen LogP contribution in [0.15, 0.2) is 0 Å². The van der Waals surface area contributed by atoms with Crippen molar-refractivity contribution in [3.8, 4) is 0 Å². The van der Waals surface area contributed by atoms with Gasteiger partial charge in [0.15, 0.2) is 0 Å². The Bertz CT molecular complexity index is 235. The number of hydrogen-bond acceptors (Lipinski definition) is 1. The Morgan fingerprint density at radius 3 is 1.65 bits per heavy atom. The molecular weight excluding hydrogens is 253 g/mol. The first kappa shape index (κ1) is 12.6. The van der Waals surface area contributed by atoms with E-state index in [0.717, 1.165) is 54.6 Å². The van der Waals surface area contributed by atoms with Crippen molar-refractivity contribution in [2.45, 2.75) is 38.1 Å². The second-order valence-electron chi connectivity index (χ2n) is 6.34. The number of halogens is 2. The first-order valence-electron chi connectivity index (χ1n) is 7.17. The molecule has 0 N–H and O–H groups in total. The minimum Gasteiger partial charge on any atom is -0.297 e. The van der Waals surface area contributed by atoms with Crippen LogP contribution in [0.1, 0.15) is 32.1 Å². The van der Waals surface area contributed by atoms with Gasteiger partial charge in [-0.05, 0) is 55.8 Å². The van der Waals surface area contributed by atoms with E-state index >= 15 is 0 Å². The van der Waals surface area contributed by atoms with Crippen molar-refractivity contribution in [3.05, 3.63) is 0 Å². The van der Waals surface area contributed by atoms with Crippen LogP contribution in [0.4, 0.5) is 0 Å². The van der Waals surface area contributed by atoms with Gasteiger partial charge in [-0.2, -0.15) is 0 Å². The first-order chi connectivity index (χ1) is 8.31. The van der Waals surface area contributed by atoms with Gasteiger partial charge in [-0.25, -0.2) is 0 Å². The summed E-state index contributed by atoms with van der Waals surface area (Å²) in [6.07, 6.45) is 7.47. The molecule has 0 aromatic carbocycles. The van der Waals surface area contributed by atoms with Crippen molar-refractivity contribution in [1.29, 1.82) is 0 Å². The third-order valence-corrected chi connectivity index (χ3v) is 5.68. The zero-order valence-electron chi connectivity index (χ0n) is 10.5. The molecule has 0 heterocycles. The lowest BCUT2D eigenvalue weighted by Gasteiger charge is -2.57. The molecule has 0 aromatic rings. The highest BCUT2D eigenvalue weighted by Gasteiger charge is 2.49. The van der Waals surface area contributed by atoms with E-state index < -0.39 is 0 Å². The van der Waals surface area contributed by atoms with Crippen LogP contribution in [0.25, 0.3) is 0 Å². The van der Waals surface area contributed by atoms with Crippen molar-refractivity contribution in [3.63, 3.8) is 0 Å². The second-order valence-corrected chi connectivity index (χ2v) is 7.09. The quantitative estimate of drug-likeness (QED) is 0.694. The van der Waals surface area contributed by atoms with Crippen molar-refractivity contribution in [2.75, 3.05) is 24.8 Å². The number of rotatable bonds is 5. The summed E-state index contributed by atoms with van der Waals surface area (Å²) in [4.78, 5) is 2.60. The van der Waals surface area contributed by atoms with Crippen LogP contribution >= 0.6 is 23.2 Å². The van der Waals surface area contributed by atoms with Crippen molar-refractivity contribution in [2.24, 2.45) is 23.7 Å². The molecule has 4 saturated carbocycles. The van der Waals surface area contributed by atoms with E-state index in [1.54, 1.807) is 0 Å². The van der Waals surface area contributed by atoms with Gasteiger partial charge in [0, 0.05) is 30.9 Å². The molecule has 0 spiro atoms. The van der Waals surface area contributed by atoms with Crippen molar-refractivity contribution >= 4 is 23.2 Å². The van der Waals surface area contributed by atoms with Crippen LogP contribution in [0.3, 0.4) is 0 Å². The minimum absolute atomic E-state index is 0.750. The van der Waals surface area contributed by atoms with E-state index in [1.165, 1.54) is 32.1 Å². The zero-order valence-corrected chi connectivity index (χ0v) is 12.0. The lowest BCUT2D eigenvalue weighted by atomic mass is 9.54. The van der Waals surface area contributed by atoms with E-state index in [4.69, 9.17) is 23.2 Å². The molecule has 4 aliphatic carbocycles. The molecule has 4 aliphatic rings. The highest BCUT2D eigenvalue weighted by atomic mass is 35.5. The van der Waals surface area contributed by atoms with Crippen LogP contribution in [0.2, 0.25) is 0 Å². The molecule has 4 bridgehead atoms. The third-order valence-electron chi connectivity index (χ3n) is 5.34. The fourth-order valence-electron chi connectivity index (χ4n) is 5.12. The lowest BCUT2D eigenvalue weighted by molar-refractivity contribution is -0.0618. The topological polar surface area (TPSA) is 3.24 Å². The van der Waals surface area contributed by atoms with Crippen LogP contribution < -0.4 is 0 Å². The SMILES string of the molecule is ClCCN(CCCl)C1C2CC3CC(C2)CC1C3. The molecule has 4 fully saturated rings. The van der Waals surface area contributed by atoms with Gasteiger partial charge >= 0.3 is 0 Å². The Kier molecular flexibility index (Phi) is 3.89. The molecule has 1 nitrogen and oxygen atoms in total. The normalized spacial score (nSPS) is 43.6. The molecule has 0 aliphatic heterocycles. The minimum atomic E-state index is 0.750. The molecule has 0 saturated heterocycles. The number of alkyl halides is 2. The molecule has 98 valence electrons. The maximum Gasteiger partial charge on any atom is 0.0351 e. The summed E-state index contributed by atoms with van der Waals surface area (Å²) < 4.78 is 0. The van der Waals surface area contributed by atoms with E-state index in [9.17, 15) is 0 Å². The molecule has 0 aromatic heterocycles. The van der Waals surface area contributed by atoms with Gasteiger partial charge in [-0.15, -0.1) is 23.2 Å².